The molecular weight excluding hydrogens is 224 g/mol. The number of aromatic nitrogens is 1. The minimum absolute atomic E-state index is 0.106. The van der Waals surface area contributed by atoms with Crippen molar-refractivity contribution in [3.63, 3.8) is 0 Å². The van der Waals surface area contributed by atoms with Crippen LogP contribution in [-0.4, -0.2) is 17.6 Å². The van der Waals surface area contributed by atoms with E-state index in [1.165, 1.54) is 0 Å². The molecule has 2 N–H and O–H groups in total. The molecule has 1 aromatic heterocycles. The zero-order valence-corrected chi connectivity index (χ0v) is 12.1. The monoisotopic (exact) mass is 250 g/mol. The first kappa shape index (κ1) is 15.0. The highest BCUT2D eigenvalue weighted by molar-refractivity contribution is 5.29. The second-order valence-corrected chi connectivity index (χ2v) is 5.07. The predicted octanol–water partition coefficient (Wildman–Crippen LogP) is 3.09. The topological polar surface area (TPSA) is 48.1 Å². The average Bonchev–Trinajstić information content (AvgIpc) is 2.32. The van der Waals surface area contributed by atoms with Crippen LogP contribution >= 0.6 is 0 Å². The highest BCUT2D eigenvalue weighted by Crippen LogP contribution is 2.20. The summed E-state index contributed by atoms with van der Waals surface area (Å²) in [7, 11) is 0. The Hall–Kier alpha value is -1.09. The van der Waals surface area contributed by atoms with Gasteiger partial charge in [-0.05, 0) is 31.9 Å². The number of ether oxygens (including phenoxy) is 1. The molecular formula is C15H26N2O. The summed E-state index contributed by atoms with van der Waals surface area (Å²) in [6, 6.07) is 4.12. The van der Waals surface area contributed by atoms with Crippen LogP contribution in [0.25, 0.3) is 0 Å². The van der Waals surface area contributed by atoms with Gasteiger partial charge in [-0.25, -0.2) is 0 Å². The van der Waals surface area contributed by atoms with Crippen molar-refractivity contribution in [1.29, 1.82) is 0 Å². The third kappa shape index (κ3) is 4.65. The summed E-state index contributed by atoms with van der Waals surface area (Å²) in [4.78, 5) is 4.54. The van der Waals surface area contributed by atoms with Gasteiger partial charge in [-0.3, -0.25) is 4.98 Å². The van der Waals surface area contributed by atoms with Crippen LogP contribution in [0.5, 0.6) is 5.75 Å². The van der Waals surface area contributed by atoms with Crippen molar-refractivity contribution >= 4 is 0 Å². The van der Waals surface area contributed by atoms with Crippen molar-refractivity contribution < 1.29 is 4.74 Å². The summed E-state index contributed by atoms with van der Waals surface area (Å²) in [5, 5.41) is 0. The number of nitrogens with two attached hydrogens (primary N) is 1. The molecule has 0 saturated carbocycles. The molecule has 1 atom stereocenters. The molecule has 1 heterocycles. The van der Waals surface area contributed by atoms with Crippen LogP contribution in [-0.2, 0) is 6.42 Å². The number of nitrogens with zero attached hydrogens (tertiary/aromatic N) is 1. The van der Waals surface area contributed by atoms with Gasteiger partial charge in [0.25, 0.3) is 0 Å². The standard InChI is InChI=1S/C15H26N2O/c1-5-13(6-2)10-18-15-8-7-12(4)17-14(15)9-11(3)16/h7-8,11,13H,5-6,9-10,16H2,1-4H3. The Labute approximate surface area is 111 Å². The van der Waals surface area contributed by atoms with Crippen molar-refractivity contribution in [2.75, 3.05) is 6.61 Å². The van der Waals surface area contributed by atoms with Crippen molar-refractivity contribution in [2.45, 2.75) is 53.0 Å². The Balaban J connectivity index is 2.74. The molecule has 0 spiro atoms. The molecule has 102 valence electrons. The summed E-state index contributed by atoms with van der Waals surface area (Å²) in [6.45, 7) is 9.16. The smallest absolute Gasteiger partial charge is 0.140 e. The zero-order chi connectivity index (χ0) is 13.5. The Morgan fingerprint density at radius 3 is 2.50 bits per heavy atom. The molecule has 0 aliphatic carbocycles. The maximum Gasteiger partial charge on any atom is 0.140 e. The third-order valence-electron chi connectivity index (χ3n) is 3.22. The van der Waals surface area contributed by atoms with Crippen LogP contribution in [0.15, 0.2) is 12.1 Å². The lowest BCUT2D eigenvalue weighted by Gasteiger charge is -2.17. The quantitative estimate of drug-likeness (QED) is 0.809. The fourth-order valence-corrected chi connectivity index (χ4v) is 1.91. The molecule has 0 bridgehead atoms. The lowest BCUT2D eigenvalue weighted by Crippen LogP contribution is -2.20. The predicted molar refractivity (Wildman–Crippen MR) is 75.9 cm³/mol. The van der Waals surface area contributed by atoms with Crippen LogP contribution in [0.2, 0.25) is 0 Å². The normalized spacial score (nSPS) is 12.8. The van der Waals surface area contributed by atoms with Gasteiger partial charge in [0.05, 0.1) is 12.3 Å². The van der Waals surface area contributed by atoms with E-state index in [9.17, 15) is 0 Å². The van der Waals surface area contributed by atoms with Gasteiger partial charge in [0.2, 0.25) is 0 Å². The number of aryl methyl sites for hydroxylation is 1. The number of pyridine rings is 1. The molecule has 0 saturated heterocycles. The second-order valence-electron chi connectivity index (χ2n) is 5.07. The fraction of sp³-hybridized carbons (Fsp3) is 0.667. The van der Waals surface area contributed by atoms with Crippen LogP contribution in [0.3, 0.4) is 0 Å². The van der Waals surface area contributed by atoms with Gasteiger partial charge in [-0.2, -0.15) is 0 Å². The van der Waals surface area contributed by atoms with Gasteiger partial charge in [0.1, 0.15) is 5.75 Å². The number of hydrogen-bond donors (Lipinski definition) is 1. The molecule has 0 aromatic carbocycles. The first-order chi connectivity index (χ1) is 8.56. The average molecular weight is 250 g/mol. The highest BCUT2D eigenvalue weighted by Gasteiger charge is 2.10. The van der Waals surface area contributed by atoms with Crippen molar-refractivity contribution in [3.8, 4) is 5.75 Å². The van der Waals surface area contributed by atoms with Crippen LogP contribution in [0.1, 0.15) is 45.0 Å². The fourth-order valence-electron chi connectivity index (χ4n) is 1.91. The van der Waals surface area contributed by atoms with Gasteiger partial charge in [0, 0.05) is 18.2 Å². The summed E-state index contributed by atoms with van der Waals surface area (Å²) in [6.07, 6.45) is 3.07. The molecule has 0 amide bonds. The number of rotatable bonds is 7. The molecule has 1 unspecified atom stereocenters. The van der Waals surface area contributed by atoms with E-state index in [1.54, 1.807) is 0 Å². The summed E-state index contributed by atoms with van der Waals surface area (Å²) in [5.74, 6) is 1.51. The van der Waals surface area contributed by atoms with E-state index >= 15 is 0 Å². The lowest BCUT2D eigenvalue weighted by molar-refractivity contribution is 0.237. The third-order valence-corrected chi connectivity index (χ3v) is 3.22. The number of hydrogen-bond acceptors (Lipinski definition) is 3. The van der Waals surface area contributed by atoms with Crippen LogP contribution in [0.4, 0.5) is 0 Å². The molecule has 1 rings (SSSR count). The van der Waals surface area contributed by atoms with E-state index in [-0.39, 0.29) is 6.04 Å². The highest BCUT2D eigenvalue weighted by atomic mass is 16.5. The van der Waals surface area contributed by atoms with Crippen molar-refractivity contribution in [2.24, 2.45) is 11.7 Å². The minimum Gasteiger partial charge on any atom is -0.491 e. The molecule has 0 aliphatic rings. The summed E-state index contributed by atoms with van der Waals surface area (Å²) < 4.78 is 5.92. The minimum atomic E-state index is 0.106. The Morgan fingerprint density at radius 1 is 1.28 bits per heavy atom. The molecule has 3 nitrogen and oxygen atoms in total. The van der Waals surface area contributed by atoms with E-state index in [0.717, 1.165) is 43.0 Å². The lowest BCUT2D eigenvalue weighted by atomic mass is 10.1. The molecule has 0 radical (unpaired) electrons. The summed E-state index contributed by atoms with van der Waals surface area (Å²) in [5.41, 5.74) is 7.85. The van der Waals surface area contributed by atoms with Gasteiger partial charge < -0.3 is 10.5 Å². The van der Waals surface area contributed by atoms with E-state index in [2.05, 4.69) is 18.8 Å². The molecule has 3 heteroatoms. The SMILES string of the molecule is CCC(CC)COc1ccc(C)nc1CC(C)N. The summed E-state index contributed by atoms with van der Waals surface area (Å²) >= 11 is 0. The van der Waals surface area contributed by atoms with Gasteiger partial charge in [-0.15, -0.1) is 0 Å². The van der Waals surface area contributed by atoms with E-state index in [0.29, 0.717) is 5.92 Å². The second kappa shape index (κ2) is 7.37. The molecule has 1 aromatic rings. The van der Waals surface area contributed by atoms with Gasteiger partial charge >= 0.3 is 0 Å². The maximum absolute atomic E-state index is 5.92. The van der Waals surface area contributed by atoms with Crippen molar-refractivity contribution in [3.05, 3.63) is 23.5 Å². The van der Waals surface area contributed by atoms with Crippen LogP contribution < -0.4 is 10.5 Å². The molecule has 0 aliphatic heterocycles. The van der Waals surface area contributed by atoms with Crippen LogP contribution in [0, 0.1) is 12.8 Å². The maximum atomic E-state index is 5.92. The van der Waals surface area contributed by atoms with E-state index < -0.39 is 0 Å². The van der Waals surface area contributed by atoms with E-state index in [1.807, 2.05) is 26.0 Å². The Kier molecular flexibility index (Phi) is 6.13. The Bertz CT molecular complexity index is 360. The first-order valence-electron chi connectivity index (χ1n) is 6.91. The van der Waals surface area contributed by atoms with Gasteiger partial charge in [0.15, 0.2) is 0 Å². The largest absolute Gasteiger partial charge is 0.491 e. The molecule has 0 fully saturated rings. The Morgan fingerprint density at radius 2 is 1.94 bits per heavy atom. The van der Waals surface area contributed by atoms with Crippen molar-refractivity contribution in [1.82, 2.24) is 4.98 Å². The first-order valence-corrected chi connectivity index (χ1v) is 6.91. The van der Waals surface area contributed by atoms with Gasteiger partial charge in [-0.1, -0.05) is 26.7 Å². The zero-order valence-electron chi connectivity index (χ0n) is 12.1. The van der Waals surface area contributed by atoms with E-state index in [4.69, 9.17) is 10.5 Å². The molecule has 18 heavy (non-hydrogen) atoms.